The van der Waals surface area contributed by atoms with Gasteiger partial charge in [-0.2, -0.15) is 4.31 Å². The lowest BCUT2D eigenvalue weighted by molar-refractivity contribution is 0.283. The molecule has 0 aromatic heterocycles. The minimum atomic E-state index is -3.35. The maximum Gasteiger partial charge on any atom is 0.243 e. The number of hydrogen-bond donors (Lipinski definition) is 1. The summed E-state index contributed by atoms with van der Waals surface area (Å²) in [6.45, 7) is 5.74. The summed E-state index contributed by atoms with van der Waals surface area (Å²) in [5, 5.41) is 3.20. The molecule has 17 heavy (non-hydrogen) atoms. The molecule has 1 heterocycles. The molecule has 1 fully saturated rings. The van der Waals surface area contributed by atoms with Crippen molar-refractivity contribution in [3.05, 3.63) is 29.8 Å². The highest BCUT2D eigenvalue weighted by Crippen LogP contribution is 2.21. The number of hydrogen-bond acceptors (Lipinski definition) is 3. The van der Waals surface area contributed by atoms with Crippen LogP contribution in [0.3, 0.4) is 0 Å². The molecule has 0 saturated carbocycles. The van der Waals surface area contributed by atoms with E-state index in [9.17, 15) is 8.42 Å². The zero-order chi connectivity index (χ0) is 12.5. The van der Waals surface area contributed by atoms with E-state index in [1.54, 1.807) is 16.4 Å². The molecule has 0 amide bonds. The molecule has 1 aliphatic heterocycles. The van der Waals surface area contributed by atoms with Crippen molar-refractivity contribution in [2.75, 3.05) is 19.6 Å². The van der Waals surface area contributed by atoms with Crippen LogP contribution >= 0.6 is 0 Å². The number of piperazine rings is 1. The normalized spacial score (nSPS) is 22.6. The highest BCUT2D eigenvalue weighted by molar-refractivity contribution is 7.89. The molecule has 0 unspecified atom stereocenters. The first kappa shape index (κ1) is 12.5. The van der Waals surface area contributed by atoms with Gasteiger partial charge in [-0.05, 0) is 25.5 Å². The summed E-state index contributed by atoms with van der Waals surface area (Å²) in [6, 6.07) is 7.15. The molecule has 1 aliphatic rings. The summed E-state index contributed by atoms with van der Waals surface area (Å²) >= 11 is 0. The van der Waals surface area contributed by atoms with Crippen molar-refractivity contribution in [2.24, 2.45) is 0 Å². The fourth-order valence-electron chi connectivity index (χ4n) is 2.15. The van der Waals surface area contributed by atoms with Crippen LogP contribution in [0.2, 0.25) is 0 Å². The molecule has 1 atom stereocenters. The van der Waals surface area contributed by atoms with Gasteiger partial charge in [0.05, 0.1) is 4.90 Å². The van der Waals surface area contributed by atoms with Crippen LogP contribution in [0.5, 0.6) is 0 Å². The first-order chi connectivity index (χ1) is 8.03. The fourth-order valence-corrected chi connectivity index (χ4v) is 4.01. The standard InChI is InChI=1S/C12H18N2O2S/c1-10-5-3-4-6-12(10)17(15,16)14-8-7-13-9-11(14)2/h3-6,11,13H,7-9H2,1-2H3/t11-/m0/s1. The van der Waals surface area contributed by atoms with Crippen LogP contribution < -0.4 is 5.32 Å². The fraction of sp³-hybridized carbons (Fsp3) is 0.500. The van der Waals surface area contributed by atoms with Gasteiger partial charge in [0.25, 0.3) is 0 Å². The third kappa shape index (κ3) is 2.36. The summed E-state index contributed by atoms with van der Waals surface area (Å²) < 4.78 is 26.6. The number of nitrogens with zero attached hydrogens (tertiary/aromatic N) is 1. The maximum absolute atomic E-state index is 12.5. The molecular formula is C12H18N2O2S. The maximum atomic E-state index is 12.5. The molecule has 4 nitrogen and oxygen atoms in total. The van der Waals surface area contributed by atoms with Crippen LogP contribution in [-0.2, 0) is 10.0 Å². The minimum Gasteiger partial charge on any atom is -0.314 e. The molecule has 1 saturated heterocycles. The third-order valence-corrected chi connectivity index (χ3v) is 5.29. The van der Waals surface area contributed by atoms with Gasteiger partial charge in [-0.1, -0.05) is 18.2 Å². The molecule has 1 aromatic rings. The highest BCUT2D eigenvalue weighted by Gasteiger charge is 2.31. The van der Waals surface area contributed by atoms with E-state index in [-0.39, 0.29) is 6.04 Å². The quantitative estimate of drug-likeness (QED) is 0.856. The average molecular weight is 254 g/mol. The molecular weight excluding hydrogens is 236 g/mol. The molecule has 0 radical (unpaired) electrons. The lowest BCUT2D eigenvalue weighted by Gasteiger charge is -2.33. The van der Waals surface area contributed by atoms with Crippen LogP contribution in [0.1, 0.15) is 12.5 Å². The Balaban J connectivity index is 2.39. The van der Waals surface area contributed by atoms with Gasteiger partial charge in [-0.3, -0.25) is 0 Å². The Kier molecular flexibility index (Phi) is 3.51. The summed E-state index contributed by atoms with van der Waals surface area (Å²) in [7, 11) is -3.35. The second kappa shape index (κ2) is 4.76. The van der Waals surface area contributed by atoms with Gasteiger partial charge in [0.2, 0.25) is 10.0 Å². The van der Waals surface area contributed by atoms with Crippen LogP contribution in [0.4, 0.5) is 0 Å². The van der Waals surface area contributed by atoms with E-state index >= 15 is 0 Å². The summed E-state index contributed by atoms with van der Waals surface area (Å²) in [5.41, 5.74) is 0.804. The van der Waals surface area contributed by atoms with Crippen LogP contribution in [0, 0.1) is 6.92 Å². The van der Waals surface area contributed by atoms with Crippen molar-refractivity contribution < 1.29 is 8.42 Å². The van der Waals surface area contributed by atoms with E-state index in [4.69, 9.17) is 0 Å². The van der Waals surface area contributed by atoms with E-state index in [1.807, 2.05) is 26.0 Å². The first-order valence-electron chi connectivity index (χ1n) is 5.81. The van der Waals surface area contributed by atoms with E-state index in [2.05, 4.69) is 5.32 Å². The Bertz CT molecular complexity index is 499. The van der Waals surface area contributed by atoms with Crippen molar-refractivity contribution in [1.82, 2.24) is 9.62 Å². The molecule has 0 bridgehead atoms. The van der Waals surface area contributed by atoms with Crippen LogP contribution in [0.15, 0.2) is 29.2 Å². The predicted octanol–water partition coefficient (Wildman–Crippen LogP) is 0.977. The van der Waals surface area contributed by atoms with E-state index < -0.39 is 10.0 Å². The van der Waals surface area contributed by atoms with Crippen molar-refractivity contribution in [3.8, 4) is 0 Å². The molecule has 94 valence electrons. The largest absolute Gasteiger partial charge is 0.314 e. The number of sulfonamides is 1. The molecule has 1 N–H and O–H groups in total. The van der Waals surface area contributed by atoms with Gasteiger partial charge >= 0.3 is 0 Å². The number of nitrogens with one attached hydrogen (secondary N) is 1. The molecule has 2 rings (SSSR count). The van der Waals surface area contributed by atoms with Crippen molar-refractivity contribution in [1.29, 1.82) is 0 Å². The van der Waals surface area contributed by atoms with Crippen LogP contribution in [0.25, 0.3) is 0 Å². The van der Waals surface area contributed by atoms with Crippen molar-refractivity contribution in [3.63, 3.8) is 0 Å². The van der Waals surface area contributed by atoms with Gasteiger partial charge in [-0.15, -0.1) is 0 Å². The Labute approximate surface area is 103 Å². The summed E-state index contributed by atoms with van der Waals surface area (Å²) in [6.07, 6.45) is 0. The summed E-state index contributed by atoms with van der Waals surface area (Å²) in [4.78, 5) is 0.425. The number of aryl methyl sites for hydroxylation is 1. The zero-order valence-corrected chi connectivity index (χ0v) is 11.0. The van der Waals surface area contributed by atoms with Crippen molar-refractivity contribution in [2.45, 2.75) is 24.8 Å². The Morgan fingerprint density at radius 3 is 2.71 bits per heavy atom. The van der Waals surface area contributed by atoms with Crippen molar-refractivity contribution >= 4 is 10.0 Å². The predicted molar refractivity (Wildman–Crippen MR) is 67.4 cm³/mol. The third-order valence-electron chi connectivity index (χ3n) is 3.12. The summed E-state index contributed by atoms with van der Waals surface area (Å²) in [5.74, 6) is 0. The topological polar surface area (TPSA) is 49.4 Å². The Morgan fingerprint density at radius 1 is 1.35 bits per heavy atom. The van der Waals surface area contributed by atoms with E-state index in [1.165, 1.54) is 0 Å². The minimum absolute atomic E-state index is 0.00774. The monoisotopic (exact) mass is 254 g/mol. The molecule has 5 heteroatoms. The Hall–Kier alpha value is -0.910. The first-order valence-corrected chi connectivity index (χ1v) is 7.25. The number of rotatable bonds is 2. The smallest absolute Gasteiger partial charge is 0.243 e. The van der Waals surface area contributed by atoms with E-state index in [0.717, 1.165) is 12.1 Å². The van der Waals surface area contributed by atoms with Gasteiger partial charge in [0.15, 0.2) is 0 Å². The second-order valence-electron chi connectivity index (χ2n) is 4.43. The van der Waals surface area contributed by atoms with Gasteiger partial charge in [0.1, 0.15) is 0 Å². The SMILES string of the molecule is Cc1ccccc1S(=O)(=O)N1CCNC[C@@H]1C. The molecule has 0 aliphatic carbocycles. The molecule has 1 aromatic carbocycles. The Morgan fingerprint density at radius 2 is 2.06 bits per heavy atom. The van der Waals surface area contributed by atoms with E-state index in [0.29, 0.717) is 18.0 Å². The average Bonchev–Trinajstić information content (AvgIpc) is 2.29. The van der Waals surface area contributed by atoms with Crippen LogP contribution in [-0.4, -0.2) is 38.4 Å². The molecule has 0 spiro atoms. The van der Waals surface area contributed by atoms with Gasteiger partial charge in [0, 0.05) is 25.7 Å². The second-order valence-corrected chi connectivity index (χ2v) is 6.29. The highest BCUT2D eigenvalue weighted by atomic mass is 32.2. The zero-order valence-electron chi connectivity index (χ0n) is 10.2. The lowest BCUT2D eigenvalue weighted by atomic mass is 10.2. The lowest BCUT2D eigenvalue weighted by Crippen LogP contribution is -2.52. The number of benzene rings is 1. The van der Waals surface area contributed by atoms with Gasteiger partial charge < -0.3 is 5.32 Å². The van der Waals surface area contributed by atoms with Gasteiger partial charge in [-0.25, -0.2) is 8.42 Å².